The lowest BCUT2D eigenvalue weighted by Crippen LogP contribution is -1.93. The first-order chi connectivity index (χ1) is 10.3. The van der Waals surface area contributed by atoms with Crippen LogP contribution >= 0.6 is 0 Å². The predicted molar refractivity (Wildman–Crippen MR) is 91.3 cm³/mol. The lowest BCUT2D eigenvalue weighted by Gasteiger charge is -1.95. The van der Waals surface area contributed by atoms with Gasteiger partial charge in [-0.05, 0) is 44.9 Å². The molecule has 2 nitrogen and oxygen atoms in total. The maximum Gasteiger partial charge on any atom is 0.330 e. The Labute approximate surface area is 131 Å². The van der Waals surface area contributed by atoms with Crippen molar-refractivity contribution in [2.24, 2.45) is 0 Å². The van der Waals surface area contributed by atoms with E-state index in [4.69, 9.17) is 0 Å². The molecule has 0 aliphatic heterocycles. The summed E-state index contributed by atoms with van der Waals surface area (Å²) in [6.45, 7) is 2.24. The zero-order valence-electron chi connectivity index (χ0n) is 13.9. The van der Waals surface area contributed by atoms with Gasteiger partial charge in [0.1, 0.15) is 0 Å². The van der Waals surface area contributed by atoms with Gasteiger partial charge in [0.05, 0.1) is 7.11 Å². The second-order valence-corrected chi connectivity index (χ2v) is 5.24. The van der Waals surface area contributed by atoms with Crippen LogP contribution in [0, 0.1) is 0 Å². The normalized spacial score (nSPS) is 11.9. The highest BCUT2D eigenvalue weighted by Crippen LogP contribution is 2.05. The SMILES string of the molecule is CCCCC/C=C\C/C=C\CCCCC/C=C/C(=O)OC. The Morgan fingerprint density at radius 1 is 0.810 bits per heavy atom. The molecule has 0 saturated heterocycles. The number of allylic oxidation sites excluding steroid dienone is 5. The van der Waals surface area contributed by atoms with Gasteiger partial charge in [-0.1, -0.05) is 56.6 Å². The third-order valence-electron chi connectivity index (χ3n) is 3.28. The van der Waals surface area contributed by atoms with Crippen LogP contribution in [0.5, 0.6) is 0 Å². The summed E-state index contributed by atoms with van der Waals surface area (Å²) >= 11 is 0. The van der Waals surface area contributed by atoms with E-state index in [-0.39, 0.29) is 5.97 Å². The van der Waals surface area contributed by atoms with Gasteiger partial charge in [0.15, 0.2) is 0 Å². The molecule has 0 radical (unpaired) electrons. The molecule has 0 fully saturated rings. The first kappa shape index (κ1) is 19.7. The minimum Gasteiger partial charge on any atom is -0.466 e. The van der Waals surface area contributed by atoms with E-state index in [1.165, 1.54) is 51.7 Å². The summed E-state index contributed by atoms with van der Waals surface area (Å²) in [5.41, 5.74) is 0. The Morgan fingerprint density at radius 3 is 1.95 bits per heavy atom. The zero-order valence-corrected chi connectivity index (χ0v) is 13.9. The van der Waals surface area contributed by atoms with Crippen molar-refractivity contribution in [3.8, 4) is 0 Å². The molecule has 0 unspecified atom stereocenters. The number of methoxy groups -OCH3 is 1. The topological polar surface area (TPSA) is 26.3 Å². The highest BCUT2D eigenvalue weighted by Gasteiger charge is 1.90. The third kappa shape index (κ3) is 16.6. The summed E-state index contributed by atoms with van der Waals surface area (Å²) in [6.07, 6.45) is 24.4. The van der Waals surface area contributed by atoms with Gasteiger partial charge in [-0.15, -0.1) is 0 Å². The Bertz CT molecular complexity index is 314. The number of hydrogen-bond donors (Lipinski definition) is 0. The summed E-state index contributed by atoms with van der Waals surface area (Å²) in [5, 5.41) is 0. The summed E-state index contributed by atoms with van der Waals surface area (Å²) in [4.78, 5) is 10.8. The van der Waals surface area contributed by atoms with Gasteiger partial charge in [-0.3, -0.25) is 0 Å². The van der Waals surface area contributed by atoms with Gasteiger partial charge < -0.3 is 4.74 Å². The van der Waals surface area contributed by atoms with Crippen molar-refractivity contribution in [3.63, 3.8) is 0 Å². The van der Waals surface area contributed by atoms with Crippen molar-refractivity contribution < 1.29 is 9.53 Å². The van der Waals surface area contributed by atoms with Gasteiger partial charge in [-0.25, -0.2) is 4.79 Å². The van der Waals surface area contributed by atoms with E-state index in [1.807, 2.05) is 6.08 Å². The molecular weight excluding hydrogens is 260 g/mol. The monoisotopic (exact) mass is 292 g/mol. The van der Waals surface area contributed by atoms with Crippen molar-refractivity contribution >= 4 is 5.97 Å². The second-order valence-electron chi connectivity index (χ2n) is 5.24. The van der Waals surface area contributed by atoms with Crippen LogP contribution in [0.2, 0.25) is 0 Å². The van der Waals surface area contributed by atoms with Gasteiger partial charge in [-0.2, -0.15) is 0 Å². The average Bonchev–Trinajstić information content (AvgIpc) is 2.50. The van der Waals surface area contributed by atoms with Crippen LogP contribution < -0.4 is 0 Å². The molecule has 0 saturated carbocycles. The molecule has 0 amide bonds. The summed E-state index contributed by atoms with van der Waals surface area (Å²) in [6, 6.07) is 0. The highest BCUT2D eigenvalue weighted by atomic mass is 16.5. The number of ether oxygens (including phenoxy) is 1. The molecule has 0 aromatic rings. The maximum atomic E-state index is 10.8. The number of rotatable bonds is 13. The van der Waals surface area contributed by atoms with Crippen LogP contribution in [0.1, 0.15) is 71.1 Å². The predicted octanol–water partition coefficient (Wildman–Crippen LogP) is 5.75. The minimum atomic E-state index is -0.263. The van der Waals surface area contributed by atoms with E-state index in [0.29, 0.717) is 0 Å². The van der Waals surface area contributed by atoms with Crippen LogP contribution in [0.4, 0.5) is 0 Å². The first-order valence-corrected chi connectivity index (χ1v) is 8.35. The molecule has 120 valence electrons. The third-order valence-corrected chi connectivity index (χ3v) is 3.28. The summed E-state index contributed by atoms with van der Waals surface area (Å²) in [5.74, 6) is -0.263. The summed E-state index contributed by atoms with van der Waals surface area (Å²) in [7, 11) is 1.40. The Hall–Kier alpha value is -1.31. The Kier molecular flexibility index (Phi) is 15.7. The van der Waals surface area contributed by atoms with Gasteiger partial charge in [0, 0.05) is 6.08 Å². The summed E-state index contributed by atoms with van der Waals surface area (Å²) < 4.78 is 4.53. The van der Waals surface area contributed by atoms with Gasteiger partial charge in [0.2, 0.25) is 0 Å². The van der Waals surface area contributed by atoms with Crippen molar-refractivity contribution in [1.82, 2.24) is 0 Å². The van der Waals surface area contributed by atoms with Crippen LogP contribution in [0.25, 0.3) is 0 Å². The molecule has 0 aliphatic rings. The van der Waals surface area contributed by atoms with Crippen molar-refractivity contribution in [1.29, 1.82) is 0 Å². The van der Waals surface area contributed by atoms with Crippen LogP contribution in [0.15, 0.2) is 36.5 Å². The van der Waals surface area contributed by atoms with E-state index in [9.17, 15) is 4.79 Å². The molecular formula is C19H32O2. The fourth-order valence-electron chi connectivity index (χ4n) is 1.97. The maximum absolute atomic E-state index is 10.8. The second kappa shape index (κ2) is 16.7. The van der Waals surface area contributed by atoms with Crippen LogP contribution in [-0.4, -0.2) is 13.1 Å². The van der Waals surface area contributed by atoms with Gasteiger partial charge in [0.25, 0.3) is 0 Å². The average molecular weight is 292 g/mol. The molecule has 0 bridgehead atoms. The van der Waals surface area contributed by atoms with E-state index in [0.717, 1.165) is 25.7 Å². The number of unbranched alkanes of at least 4 members (excludes halogenated alkanes) is 7. The number of carbonyl (C=O) groups excluding carboxylic acids is 1. The van der Waals surface area contributed by atoms with E-state index in [1.54, 1.807) is 0 Å². The molecule has 2 heteroatoms. The standard InChI is InChI=1S/C19H32O2/c1-3-4-5-6-7-8-9-10-11-12-13-14-15-16-17-18-19(20)21-2/h7-8,10-11,17-18H,3-6,9,12-16H2,1-2H3/b8-7-,11-10-,18-17+. The molecule has 0 aromatic heterocycles. The Morgan fingerprint density at radius 2 is 1.38 bits per heavy atom. The molecule has 0 atom stereocenters. The molecule has 0 heterocycles. The fourth-order valence-corrected chi connectivity index (χ4v) is 1.97. The largest absolute Gasteiger partial charge is 0.466 e. The molecule has 0 spiro atoms. The van der Waals surface area contributed by atoms with E-state index < -0.39 is 0 Å². The molecule has 0 N–H and O–H groups in total. The number of hydrogen-bond acceptors (Lipinski definition) is 2. The minimum absolute atomic E-state index is 0.263. The number of esters is 1. The quantitative estimate of drug-likeness (QED) is 0.187. The number of carbonyl (C=O) groups is 1. The smallest absolute Gasteiger partial charge is 0.330 e. The van der Waals surface area contributed by atoms with Crippen molar-refractivity contribution in [2.75, 3.05) is 7.11 Å². The molecule has 0 aromatic carbocycles. The molecule has 0 aliphatic carbocycles. The van der Waals surface area contributed by atoms with E-state index >= 15 is 0 Å². The molecule has 21 heavy (non-hydrogen) atoms. The first-order valence-electron chi connectivity index (χ1n) is 8.35. The van der Waals surface area contributed by atoms with Crippen molar-refractivity contribution in [2.45, 2.75) is 71.1 Å². The Balaban J connectivity index is 3.29. The highest BCUT2D eigenvalue weighted by molar-refractivity contribution is 5.81. The van der Waals surface area contributed by atoms with Gasteiger partial charge >= 0.3 is 5.97 Å². The lowest BCUT2D eigenvalue weighted by atomic mass is 10.1. The zero-order chi connectivity index (χ0) is 15.6. The molecule has 0 rings (SSSR count). The fraction of sp³-hybridized carbons (Fsp3) is 0.632. The van der Waals surface area contributed by atoms with E-state index in [2.05, 4.69) is 36.0 Å². The van der Waals surface area contributed by atoms with Crippen molar-refractivity contribution in [3.05, 3.63) is 36.5 Å². The van der Waals surface area contributed by atoms with Crippen LogP contribution in [0.3, 0.4) is 0 Å². The van der Waals surface area contributed by atoms with Crippen LogP contribution in [-0.2, 0) is 9.53 Å². The lowest BCUT2D eigenvalue weighted by molar-refractivity contribution is -0.134.